The van der Waals surface area contributed by atoms with Gasteiger partial charge >= 0.3 is 0 Å². The van der Waals surface area contributed by atoms with Gasteiger partial charge in [-0.25, -0.2) is 21.1 Å². The second-order valence-corrected chi connectivity index (χ2v) is 13.9. The predicted octanol–water partition coefficient (Wildman–Crippen LogP) is 5.29. The van der Waals surface area contributed by atoms with Crippen LogP contribution in [0.2, 0.25) is 10.0 Å². The van der Waals surface area contributed by atoms with Crippen LogP contribution in [0, 0.1) is 12.8 Å². The maximum Gasteiger partial charge on any atom is 0.262 e. The molecule has 13 heteroatoms. The lowest BCUT2D eigenvalue weighted by atomic mass is 9.99. The molecule has 0 spiro atoms. The number of benzene rings is 3. The quantitative estimate of drug-likeness (QED) is 0.333. The third-order valence-corrected chi connectivity index (χ3v) is 10.4. The van der Waals surface area contributed by atoms with Crippen molar-refractivity contribution >= 4 is 60.5 Å². The van der Waals surface area contributed by atoms with E-state index in [9.17, 15) is 21.6 Å². The van der Waals surface area contributed by atoms with Crippen LogP contribution < -0.4 is 14.8 Å². The van der Waals surface area contributed by atoms with Crippen molar-refractivity contribution in [2.24, 2.45) is 5.92 Å². The summed E-state index contributed by atoms with van der Waals surface area (Å²) in [5, 5.41) is 3.30. The number of ether oxygens (including phenoxy) is 1. The van der Waals surface area contributed by atoms with Gasteiger partial charge in [0.15, 0.2) is 0 Å². The van der Waals surface area contributed by atoms with E-state index in [0.717, 1.165) is 5.56 Å². The molecular formula is C27H29Cl2N3O6S2. The Kier molecular flexibility index (Phi) is 9.31. The van der Waals surface area contributed by atoms with Gasteiger partial charge in [-0.15, -0.1) is 0 Å². The Morgan fingerprint density at radius 2 is 1.70 bits per heavy atom. The van der Waals surface area contributed by atoms with Gasteiger partial charge in [-0.2, -0.15) is 0 Å². The summed E-state index contributed by atoms with van der Waals surface area (Å²) in [6, 6.07) is 15.7. The Morgan fingerprint density at radius 1 is 1.02 bits per heavy atom. The molecule has 1 aliphatic heterocycles. The van der Waals surface area contributed by atoms with Crippen LogP contribution in [0.1, 0.15) is 24.0 Å². The summed E-state index contributed by atoms with van der Waals surface area (Å²) >= 11 is 12.3. The van der Waals surface area contributed by atoms with Gasteiger partial charge < -0.3 is 10.1 Å². The van der Waals surface area contributed by atoms with Crippen molar-refractivity contribution in [1.29, 1.82) is 0 Å². The number of nitrogens with one attached hydrogen (secondary N) is 2. The summed E-state index contributed by atoms with van der Waals surface area (Å²) in [5.41, 5.74) is 1.88. The maximum absolute atomic E-state index is 13.1. The molecule has 3 aromatic rings. The number of hydrogen-bond acceptors (Lipinski definition) is 6. The first-order valence-electron chi connectivity index (χ1n) is 12.4. The molecule has 1 aliphatic rings. The topological polar surface area (TPSA) is 122 Å². The zero-order valence-corrected chi connectivity index (χ0v) is 25.0. The SMILES string of the molecule is COc1ccc(C)cc1NS(=O)(=O)c1ccc(NC(=O)C2CCCN(S(=O)(=O)Cc3c(Cl)cccc3Cl)C2)cc1. The van der Waals surface area contributed by atoms with Crippen LogP contribution in [0.4, 0.5) is 11.4 Å². The molecule has 214 valence electrons. The molecule has 9 nitrogen and oxygen atoms in total. The molecule has 0 bridgehead atoms. The number of halogens is 2. The number of rotatable bonds is 9. The minimum Gasteiger partial charge on any atom is -0.495 e. The molecule has 0 radical (unpaired) electrons. The number of aryl methyl sites for hydroxylation is 1. The lowest BCUT2D eigenvalue weighted by Gasteiger charge is -2.31. The second-order valence-electron chi connectivity index (χ2n) is 9.48. The second kappa shape index (κ2) is 12.4. The van der Waals surface area contributed by atoms with Crippen molar-refractivity contribution in [3.05, 3.63) is 81.8 Å². The fourth-order valence-electron chi connectivity index (χ4n) is 4.42. The minimum atomic E-state index is -3.92. The highest BCUT2D eigenvalue weighted by molar-refractivity contribution is 7.92. The molecule has 0 aromatic heterocycles. The standard InChI is InChI=1S/C27H29Cl2N3O6S2/c1-18-8-13-26(38-2)25(15-18)31-40(36,37)21-11-9-20(10-12-21)30-27(33)19-5-4-14-32(16-19)39(34,35)17-22-23(28)6-3-7-24(22)29/h3,6-13,15,19,31H,4-5,14,16-17H2,1-2H3,(H,30,33). The molecule has 1 unspecified atom stereocenters. The Morgan fingerprint density at radius 3 is 2.35 bits per heavy atom. The first kappa shape index (κ1) is 30.1. The van der Waals surface area contributed by atoms with E-state index in [-0.39, 0.29) is 33.1 Å². The van der Waals surface area contributed by atoms with Gasteiger partial charge in [-0.3, -0.25) is 9.52 Å². The van der Waals surface area contributed by atoms with Crippen LogP contribution in [0.15, 0.2) is 65.6 Å². The van der Waals surface area contributed by atoms with Crippen molar-refractivity contribution in [2.75, 3.05) is 30.2 Å². The highest BCUT2D eigenvalue weighted by Crippen LogP contribution is 2.30. The van der Waals surface area contributed by atoms with Crippen LogP contribution >= 0.6 is 23.2 Å². The Bertz CT molecular complexity index is 1590. The normalized spacial score (nSPS) is 16.4. The fourth-order valence-corrected chi connectivity index (χ4v) is 7.84. The molecule has 2 N–H and O–H groups in total. The number of methoxy groups -OCH3 is 1. The maximum atomic E-state index is 13.1. The number of carbonyl (C=O) groups is 1. The van der Waals surface area contributed by atoms with Crippen LogP contribution in [-0.2, 0) is 30.6 Å². The largest absolute Gasteiger partial charge is 0.495 e. The Balaban J connectivity index is 1.41. The zero-order valence-electron chi connectivity index (χ0n) is 21.9. The molecule has 1 saturated heterocycles. The third kappa shape index (κ3) is 7.08. The van der Waals surface area contributed by atoms with Gasteiger partial charge in [-0.05, 0) is 73.9 Å². The summed E-state index contributed by atoms with van der Waals surface area (Å²) in [5.74, 6) is -0.910. The van der Waals surface area contributed by atoms with E-state index in [1.165, 1.54) is 35.7 Å². The summed E-state index contributed by atoms with van der Waals surface area (Å²) < 4.78 is 61.2. The average Bonchev–Trinajstić information content (AvgIpc) is 2.91. The van der Waals surface area contributed by atoms with Crippen LogP contribution in [0.5, 0.6) is 5.75 Å². The van der Waals surface area contributed by atoms with Crippen LogP contribution in [-0.4, -0.2) is 47.2 Å². The van der Waals surface area contributed by atoms with E-state index in [1.807, 2.05) is 13.0 Å². The smallest absolute Gasteiger partial charge is 0.262 e. The third-order valence-electron chi connectivity index (χ3n) is 6.57. The Labute approximate surface area is 244 Å². The van der Waals surface area contributed by atoms with Crippen molar-refractivity contribution in [3.63, 3.8) is 0 Å². The van der Waals surface area contributed by atoms with Gasteiger partial charge in [0.2, 0.25) is 15.9 Å². The number of carbonyl (C=O) groups excluding carboxylic acids is 1. The molecule has 3 aromatic carbocycles. The lowest BCUT2D eigenvalue weighted by Crippen LogP contribution is -2.44. The van der Waals surface area contributed by atoms with E-state index in [2.05, 4.69) is 10.0 Å². The number of amides is 1. The van der Waals surface area contributed by atoms with Gasteiger partial charge in [-0.1, -0.05) is 35.3 Å². The van der Waals surface area contributed by atoms with E-state index in [1.54, 1.807) is 30.3 Å². The highest BCUT2D eigenvalue weighted by atomic mass is 35.5. The van der Waals surface area contributed by atoms with Gasteiger partial charge in [0.25, 0.3) is 10.0 Å². The lowest BCUT2D eigenvalue weighted by molar-refractivity contribution is -0.120. The van der Waals surface area contributed by atoms with Gasteiger partial charge in [0.05, 0.1) is 29.4 Å². The first-order valence-corrected chi connectivity index (χ1v) is 16.2. The van der Waals surface area contributed by atoms with Crippen LogP contribution in [0.3, 0.4) is 0 Å². The van der Waals surface area contributed by atoms with E-state index < -0.39 is 26.0 Å². The number of hydrogen-bond donors (Lipinski definition) is 2. The number of nitrogens with zero attached hydrogens (tertiary/aromatic N) is 1. The summed E-state index contributed by atoms with van der Waals surface area (Å²) in [4.78, 5) is 13.0. The summed E-state index contributed by atoms with van der Waals surface area (Å²) in [6.07, 6.45) is 1.03. The fraction of sp³-hybridized carbons (Fsp3) is 0.296. The zero-order chi connectivity index (χ0) is 29.1. The minimum absolute atomic E-state index is 0.00206. The molecule has 1 fully saturated rings. The monoisotopic (exact) mass is 625 g/mol. The molecule has 4 rings (SSSR count). The summed E-state index contributed by atoms with van der Waals surface area (Å²) in [6.45, 7) is 2.15. The Hall–Kier alpha value is -2.83. The molecule has 1 heterocycles. The number of sulfonamides is 2. The van der Waals surface area contributed by atoms with Gasteiger partial charge in [0, 0.05) is 34.4 Å². The highest BCUT2D eigenvalue weighted by Gasteiger charge is 2.33. The first-order chi connectivity index (χ1) is 18.9. The van der Waals surface area contributed by atoms with Gasteiger partial charge in [0.1, 0.15) is 5.75 Å². The van der Waals surface area contributed by atoms with Crippen molar-refractivity contribution in [3.8, 4) is 5.75 Å². The molecule has 40 heavy (non-hydrogen) atoms. The molecular weight excluding hydrogens is 597 g/mol. The van der Waals surface area contributed by atoms with E-state index in [4.69, 9.17) is 27.9 Å². The predicted molar refractivity (Wildman–Crippen MR) is 157 cm³/mol. The average molecular weight is 627 g/mol. The molecule has 0 saturated carbocycles. The molecule has 0 aliphatic carbocycles. The van der Waals surface area contributed by atoms with Crippen molar-refractivity contribution in [2.45, 2.75) is 30.4 Å². The van der Waals surface area contributed by atoms with Crippen molar-refractivity contribution < 1.29 is 26.4 Å². The summed E-state index contributed by atoms with van der Waals surface area (Å²) in [7, 11) is -6.24. The van der Waals surface area contributed by atoms with Crippen LogP contribution in [0.25, 0.3) is 0 Å². The number of piperidine rings is 1. The molecule has 1 amide bonds. The number of anilines is 2. The molecule has 1 atom stereocenters. The van der Waals surface area contributed by atoms with E-state index in [0.29, 0.717) is 42.1 Å². The van der Waals surface area contributed by atoms with E-state index >= 15 is 0 Å². The van der Waals surface area contributed by atoms with Crippen molar-refractivity contribution in [1.82, 2.24) is 4.31 Å².